The molecule has 1 amide bonds. The minimum Gasteiger partial charge on any atom is -0.456 e. The van der Waals surface area contributed by atoms with Gasteiger partial charge in [-0.3, -0.25) is 9.59 Å². The van der Waals surface area contributed by atoms with Crippen molar-refractivity contribution in [2.45, 2.75) is 134 Å². The number of alkyl carbamates (subject to hydrolysis) is 1. The Labute approximate surface area is 355 Å². The van der Waals surface area contributed by atoms with Gasteiger partial charge in [0.15, 0.2) is 11.7 Å². The Bertz CT molecular complexity index is 2030. The first kappa shape index (κ1) is 45.8. The van der Waals surface area contributed by atoms with Crippen LogP contribution in [0.1, 0.15) is 103 Å². The molecule has 3 aliphatic carbocycles. The van der Waals surface area contributed by atoms with Crippen LogP contribution in [0.15, 0.2) is 71.8 Å². The Morgan fingerprint density at radius 1 is 0.984 bits per heavy atom. The van der Waals surface area contributed by atoms with Crippen LogP contribution in [0.3, 0.4) is 0 Å². The van der Waals surface area contributed by atoms with E-state index in [0.717, 1.165) is 0 Å². The predicted octanol–water partition coefficient (Wildman–Crippen LogP) is 4.29. The number of carbonyl (C=O) groups excluding carboxylic acids is 5. The number of benzene rings is 2. The molecule has 6 rings (SSSR count). The maximum Gasteiger partial charge on any atom is 0.408 e. The van der Waals surface area contributed by atoms with Gasteiger partial charge in [-0.1, -0.05) is 62.4 Å². The second-order valence-corrected chi connectivity index (χ2v) is 18.6. The number of hydrogen-bond acceptors (Lipinski definition) is 14. The van der Waals surface area contributed by atoms with Crippen molar-refractivity contribution in [1.29, 1.82) is 0 Å². The molecule has 1 aliphatic heterocycles. The molecule has 15 heteroatoms. The average Bonchev–Trinajstić information content (AvgIpc) is 3.19. The molecule has 15 nitrogen and oxygen atoms in total. The Morgan fingerprint density at radius 3 is 2.16 bits per heavy atom. The average molecular weight is 850 g/mol. The molecule has 61 heavy (non-hydrogen) atoms. The molecule has 2 bridgehead atoms. The molecule has 0 aromatic heterocycles. The monoisotopic (exact) mass is 849 g/mol. The summed E-state index contributed by atoms with van der Waals surface area (Å²) in [4.78, 5) is 70.2. The van der Waals surface area contributed by atoms with Crippen LogP contribution >= 0.6 is 0 Å². The molecule has 0 radical (unpaired) electrons. The zero-order valence-electron chi connectivity index (χ0n) is 36.0. The van der Waals surface area contributed by atoms with E-state index in [1.807, 2.05) is 0 Å². The quantitative estimate of drug-likeness (QED) is 0.121. The molecule has 2 aromatic carbocycles. The number of esters is 3. The standard InChI is InChI=1S/C46H59NO14/c1-25-30(58-40(54)35(51)34(27-16-11-9-12-17-27)47-41(55)61-42(3,4)5)23-46(56)38(59-39(53)28-18-13-10-14-19-28)36-44(8,31(50)22-32-45(36,24-57-32)60-26(2)49)37(52)29(20-15-21-48)33(25)43(46,6)7/h9-14,16-19,29-32,34-36,38,48,50-51,56H,15,20-24H2,1-8H3,(H,47,55)/t29-,30+,31+,32?,34+,35-,36+,38+,44-,45+,46-/m1/s1. The third-order valence-electron chi connectivity index (χ3n) is 13.4. The van der Waals surface area contributed by atoms with Gasteiger partial charge in [0.2, 0.25) is 0 Å². The summed E-state index contributed by atoms with van der Waals surface area (Å²) in [5.41, 5.74) is -6.99. The summed E-state index contributed by atoms with van der Waals surface area (Å²) in [5.74, 6) is -5.84. The second kappa shape index (κ2) is 16.9. The van der Waals surface area contributed by atoms with Crippen LogP contribution in [-0.2, 0) is 38.1 Å². The largest absolute Gasteiger partial charge is 0.456 e. The lowest BCUT2D eigenvalue weighted by molar-refractivity contribution is -0.345. The van der Waals surface area contributed by atoms with Crippen molar-refractivity contribution < 1.29 is 68.1 Å². The van der Waals surface area contributed by atoms with Crippen LogP contribution < -0.4 is 5.32 Å². The summed E-state index contributed by atoms with van der Waals surface area (Å²) in [6, 6.07) is 14.9. The van der Waals surface area contributed by atoms with E-state index in [2.05, 4.69) is 5.32 Å². The first-order chi connectivity index (χ1) is 28.5. The molecule has 332 valence electrons. The molecule has 1 heterocycles. The summed E-state index contributed by atoms with van der Waals surface area (Å²) < 4.78 is 30.1. The van der Waals surface area contributed by atoms with Crippen LogP contribution in [-0.4, -0.2) is 111 Å². The van der Waals surface area contributed by atoms with Gasteiger partial charge >= 0.3 is 24.0 Å². The number of ketones is 1. The minimum atomic E-state index is -2.26. The summed E-state index contributed by atoms with van der Waals surface area (Å²) in [7, 11) is 0. The zero-order valence-corrected chi connectivity index (χ0v) is 36.0. The summed E-state index contributed by atoms with van der Waals surface area (Å²) in [5, 5.41) is 50.2. The number of Topliss-reactive ketones (excluding diaryl/α,β-unsaturated/α-hetero) is 1. The van der Waals surface area contributed by atoms with Crippen molar-refractivity contribution in [2.75, 3.05) is 13.2 Å². The van der Waals surface area contributed by atoms with Gasteiger partial charge in [0.05, 0.1) is 35.6 Å². The molecule has 4 aliphatic rings. The number of aliphatic hydroxyl groups is 4. The fourth-order valence-corrected chi connectivity index (χ4v) is 10.4. The summed E-state index contributed by atoms with van der Waals surface area (Å²) >= 11 is 0. The number of nitrogens with one attached hydrogen (secondary N) is 1. The first-order valence-electron chi connectivity index (χ1n) is 20.8. The summed E-state index contributed by atoms with van der Waals surface area (Å²) in [6.45, 7) is 12.2. The highest BCUT2D eigenvalue weighted by Gasteiger charge is 2.78. The fraction of sp³-hybridized carbons (Fsp3) is 0.587. The number of amides is 1. The lowest BCUT2D eigenvalue weighted by atomic mass is 9.43. The Hall–Kier alpha value is -4.67. The van der Waals surface area contributed by atoms with Gasteiger partial charge in [-0.05, 0) is 76.3 Å². The van der Waals surface area contributed by atoms with Crippen molar-refractivity contribution >= 4 is 29.8 Å². The highest BCUT2D eigenvalue weighted by molar-refractivity contribution is 5.93. The molecule has 1 unspecified atom stereocenters. The van der Waals surface area contributed by atoms with E-state index in [1.54, 1.807) is 90.1 Å². The van der Waals surface area contributed by atoms with E-state index in [1.165, 1.54) is 26.0 Å². The van der Waals surface area contributed by atoms with E-state index in [0.29, 0.717) is 16.7 Å². The highest BCUT2D eigenvalue weighted by Crippen LogP contribution is 2.65. The predicted molar refractivity (Wildman–Crippen MR) is 217 cm³/mol. The molecule has 3 fully saturated rings. The molecule has 2 aromatic rings. The molecule has 2 saturated carbocycles. The summed E-state index contributed by atoms with van der Waals surface area (Å²) in [6.07, 6.45) is -8.81. The Balaban J connectivity index is 1.53. The second-order valence-electron chi connectivity index (χ2n) is 18.6. The molecular formula is C46H59NO14. The Kier molecular flexibility index (Phi) is 12.7. The molecule has 11 atom stereocenters. The van der Waals surface area contributed by atoms with Crippen LogP contribution in [0.5, 0.6) is 0 Å². The van der Waals surface area contributed by atoms with Crippen molar-refractivity contribution in [3.05, 3.63) is 82.9 Å². The number of carbonyl (C=O) groups is 5. The number of hydrogen-bond donors (Lipinski definition) is 5. The van der Waals surface area contributed by atoms with Gasteiger partial charge in [-0.25, -0.2) is 14.4 Å². The van der Waals surface area contributed by atoms with Crippen LogP contribution in [0.4, 0.5) is 4.79 Å². The maximum absolute atomic E-state index is 15.6. The van der Waals surface area contributed by atoms with E-state index >= 15 is 4.79 Å². The number of rotatable bonds is 11. The number of ether oxygens (including phenoxy) is 5. The Morgan fingerprint density at radius 2 is 1.61 bits per heavy atom. The topological polar surface area (TPSA) is 224 Å². The lowest BCUT2D eigenvalue weighted by Gasteiger charge is -2.67. The minimum absolute atomic E-state index is 0.0463. The van der Waals surface area contributed by atoms with Crippen LogP contribution in [0, 0.1) is 22.7 Å². The number of fused-ring (bicyclic) bond motifs is 5. The normalized spacial score (nSPS) is 32.6. The van der Waals surface area contributed by atoms with E-state index in [9.17, 15) is 39.6 Å². The maximum atomic E-state index is 15.6. The highest BCUT2D eigenvalue weighted by atomic mass is 16.6. The molecular weight excluding hydrogens is 790 g/mol. The van der Waals surface area contributed by atoms with Crippen LogP contribution in [0.25, 0.3) is 0 Å². The molecule has 0 spiro atoms. The zero-order chi connectivity index (χ0) is 44.9. The van der Waals surface area contributed by atoms with Crippen molar-refractivity contribution in [1.82, 2.24) is 5.32 Å². The third-order valence-corrected chi connectivity index (χ3v) is 13.4. The van der Waals surface area contributed by atoms with Gasteiger partial charge in [0, 0.05) is 37.7 Å². The van der Waals surface area contributed by atoms with Crippen molar-refractivity contribution in [3.63, 3.8) is 0 Å². The fourth-order valence-electron chi connectivity index (χ4n) is 10.4. The molecule has 5 N–H and O–H groups in total. The van der Waals surface area contributed by atoms with Crippen molar-refractivity contribution in [2.24, 2.45) is 22.7 Å². The number of aliphatic hydroxyl groups excluding tert-OH is 3. The SMILES string of the molecule is CC(=O)O[C@@]12COC1C[C@H](O)[C@@]1(C)C(=O)[C@H](CCCO)C3=C(C)[C@@H](OC(=O)[C@H](O)[C@@H](NC(=O)OC(C)(C)C)c4ccccc4)C[C@@](O)([C@@H](OC(=O)c4ccccc4)[C@@H]12)C3(C)C. The lowest BCUT2D eigenvalue weighted by Crippen LogP contribution is -2.81. The van der Waals surface area contributed by atoms with E-state index in [4.69, 9.17) is 23.7 Å². The smallest absolute Gasteiger partial charge is 0.408 e. The first-order valence-corrected chi connectivity index (χ1v) is 20.8. The van der Waals surface area contributed by atoms with Crippen molar-refractivity contribution in [3.8, 4) is 0 Å². The van der Waals surface area contributed by atoms with Gasteiger partial charge in [0.1, 0.15) is 35.3 Å². The van der Waals surface area contributed by atoms with Gasteiger partial charge in [0.25, 0.3) is 0 Å². The van der Waals surface area contributed by atoms with Gasteiger partial charge in [-0.2, -0.15) is 0 Å². The van der Waals surface area contributed by atoms with E-state index < -0.39 is 112 Å². The third kappa shape index (κ3) is 8.11. The van der Waals surface area contributed by atoms with Crippen LogP contribution in [0.2, 0.25) is 0 Å². The van der Waals surface area contributed by atoms with Gasteiger partial charge < -0.3 is 49.4 Å². The van der Waals surface area contributed by atoms with Gasteiger partial charge in [-0.15, -0.1) is 0 Å². The van der Waals surface area contributed by atoms with E-state index in [-0.39, 0.29) is 38.0 Å². The molecule has 1 saturated heterocycles.